The number of nitrogens with zero attached hydrogens (tertiary/aromatic N) is 4. The zero-order chi connectivity index (χ0) is 17.9. The van der Waals surface area contributed by atoms with Gasteiger partial charge in [0.05, 0.1) is 11.8 Å². The van der Waals surface area contributed by atoms with Gasteiger partial charge in [0.2, 0.25) is 10.0 Å². The van der Waals surface area contributed by atoms with Crippen LogP contribution in [0, 0.1) is 0 Å². The summed E-state index contributed by atoms with van der Waals surface area (Å²) in [6, 6.07) is 3.67. The second-order valence-corrected chi connectivity index (χ2v) is 8.33. The number of hydrogen-bond acceptors (Lipinski definition) is 7. The highest BCUT2D eigenvalue weighted by atomic mass is 32.2. The van der Waals surface area contributed by atoms with E-state index in [-0.39, 0.29) is 5.41 Å². The number of pyridine rings is 1. The molecule has 0 aliphatic carbocycles. The molecule has 1 aliphatic rings. The molecule has 25 heavy (non-hydrogen) atoms. The molecule has 136 valence electrons. The molecule has 0 unspecified atom stereocenters. The highest BCUT2D eigenvalue weighted by molar-refractivity contribution is 7.88. The van der Waals surface area contributed by atoms with Crippen LogP contribution in [0.2, 0.25) is 0 Å². The SMILES string of the molecule is COCCC1(c2noc(-c3cccnc3)n2)CCN(S(C)(=O)=O)CC1. The van der Waals surface area contributed by atoms with E-state index in [0.717, 1.165) is 5.56 Å². The Morgan fingerprint density at radius 1 is 1.36 bits per heavy atom. The van der Waals surface area contributed by atoms with Crippen molar-refractivity contribution in [1.82, 2.24) is 19.4 Å². The second-order valence-electron chi connectivity index (χ2n) is 6.35. The van der Waals surface area contributed by atoms with Crippen molar-refractivity contribution in [3.8, 4) is 11.5 Å². The Morgan fingerprint density at radius 3 is 2.72 bits per heavy atom. The van der Waals surface area contributed by atoms with Gasteiger partial charge in [-0.3, -0.25) is 4.98 Å². The number of rotatable bonds is 6. The molecular formula is C16H22N4O4S. The standard InChI is InChI=1S/C16H22N4O4S/c1-23-11-7-16(5-9-20(10-6-16)25(2,21)22)15-18-14(24-19-15)13-4-3-8-17-12-13/h3-4,8,12H,5-7,9-11H2,1-2H3. The molecule has 3 rings (SSSR count). The van der Waals surface area contributed by atoms with Gasteiger partial charge >= 0.3 is 0 Å². The normalized spacial score (nSPS) is 18.3. The topological polar surface area (TPSA) is 98.4 Å². The number of hydrogen-bond donors (Lipinski definition) is 0. The summed E-state index contributed by atoms with van der Waals surface area (Å²) in [5, 5.41) is 4.19. The van der Waals surface area contributed by atoms with Crippen LogP contribution in [-0.2, 0) is 20.2 Å². The van der Waals surface area contributed by atoms with Gasteiger partial charge in [0.25, 0.3) is 5.89 Å². The third-order valence-electron chi connectivity index (χ3n) is 4.74. The van der Waals surface area contributed by atoms with Gasteiger partial charge in [-0.05, 0) is 31.4 Å². The van der Waals surface area contributed by atoms with Gasteiger partial charge in [-0.1, -0.05) is 5.16 Å². The molecule has 2 aromatic rings. The lowest BCUT2D eigenvalue weighted by molar-refractivity contribution is 0.132. The number of piperidine rings is 1. The first-order valence-corrected chi connectivity index (χ1v) is 9.98. The molecular weight excluding hydrogens is 344 g/mol. The first-order valence-electron chi connectivity index (χ1n) is 8.13. The molecule has 9 heteroatoms. The molecule has 0 saturated carbocycles. The average Bonchev–Trinajstić information content (AvgIpc) is 3.11. The van der Waals surface area contributed by atoms with Gasteiger partial charge in [0.1, 0.15) is 0 Å². The number of sulfonamides is 1. The molecule has 0 amide bonds. The van der Waals surface area contributed by atoms with Crippen LogP contribution in [0.3, 0.4) is 0 Å². The Kier molecular flexibility index (Phi) is 5.16. The third-order valence-corrected chi connectivity index (χ3v) is 6.05. The lowest BCUT2D eigenvalue weighted by Gasteiger charge is -2.38. The molecule has 1 fully saturated rings. The van der Waals surface area contributed by atoms with Crippen molar-refractivity contribution >= 4 is 10.0 Å². The molecule has 1 aliphatic heterocycles. The van der Waals surface area contributed by atoms with Crippen LogP contribution in [-0.4, -0.2) is 60.9 Å². The third kappa shape index (κ3) is 3.88. The minimum Gasteiger partial charge on any atom is -0.385 e. The quantitative estimate of drug-likeness (QED) is 0.763. The first-order chi connectivity index (χ1) is 11.9. The summed E-state index contributed by atoms with van der Waals surface area (Å²) in [4.78, 5) is 8.64. The van der Waals surface area contributed by atoms with Crippen molar-refractivity contribution in [2.24, 2.45) is 0 Å². The summed E-state index contributed by atoms with van der Waals surface area (Å²) in [7, 11) is -1.54. The maximum Gasteiger partial charge on any atom is 0.259 e. The monoisotopic (exact) mass is 366 g/mol. The van der Waals surface area contributed by atoms with Crippen LogP contribution in [0.25, 0.3) is 11.5 Å². The minimum atomic E-state index is -3.19. The Hall–Kier alpha value is -1.84. The van der Waals surface area contributed by atoms with Crippen LogP contribution in [0.1, 0.15) is 25.1 Å². The highest BCUT2D eigenvalue weighted by Gasteiger charge is 2.41. The fourth-order valence-corrected chi connectivity index (χ4v) is 4.02. The summed E-state index contributed by atoms with van der Waals surface area (Å²) in [6.45, 7) is 1.44. The molecule has 1 saturated heterocycles. The van der Waals surface area contributed by atoms with E-state index in [9.17, 15) is 8.42 Å². The molecule has 0 aromatic carbocycles. The van der Waals surface area contributed by atoms with Crippen molar-refractivity contribution < 1.29 is 17.7 Å². The summed E-state index contributed by atoms with van der Waals surface area (Å²) in [5.41, 5.74) is 0.415. The average molecular weight is 366 g/mol. The minimum absolute atomic E-state index is 0.346. The molecule has 8 nitrogen and oxygen atoms in total. The Balaban J connectivity index is 1.86. The van der Waals surface area contributed by atoms with E-state index >= 15 is 0 Å². The maximum atomic E-state index is 11.8. The molecule has 0 spiro atoms. The van der Waals surface area contributed by atoms with Gasteiger partial charge in [0.15, 0.2) is 5.82 Å². The van der Waals surface area contributed by atoms with Gasteiger partial charge in [-0.15, -0.1) is 0 Å². The molecule has 0 bridgehead atoms. The van der Waals surface area contributed by atoms with Crippen molar-refractivity contribution in [3.05, 3.63) is 30.4 Å². The summed E-state index contributed by atoms with van der Waals surface area (Å²) >= 11 is 0. The van der Waals surface area contributed by atoms with Crippen LogP contribution >= 0.6 is 0 Å². The Bertz CT molecular complexity index is 799. The molecule has 0 atom stereocenters. The second kappa shape index (κ2) is 7.19. The number of ether oxygens (including phenoxy) is 1. The van der Waals surface area contributed by atoms with Gasteiger partial charge in [0, 0.05) is 44.6 Å². The van der Waals surface area contributed by atoms with Crippen LogP contribution in [0.4, 0.5) is 0 Å². The van der Waals surface area contributed by atoms with Crippen LogP contribution < -0.4 is 0 Å². The molecule has 3 heterocycles. The van der Waals surface area contributed by atoms with E-state index in [0.29, 0.717) is 50.7 Å². The zero-order valence-corrected chi connectivity index (χ0v) is 15.2. The molecule has 0 radical (unpaired) electrons. The fraction of sp³-hybridized carbons (Fsp3) is 0.562. The predicted octanol–water partition coefficient (Wildman–Crippen LogP) is 1.46. The van der Waals surface area contributed by atoms with E-state index in [1.165, 1.54) is 10.6 Å². The van der Waals surface area contributed by atoms with E-state index in [4.69, 9.17) is 9.26 Å². The fourth-order valence-electron chi connectivity index (χ4n) is 3.17. The van der Waals surface area contributed by atoms with Crippen LogP contribution in [0.5, 0.6) is 0 Å². The zero-order valence-electron chi connectivity index (χ0n) is 14.4. The van der Waals surface area contributed by atoms with Gasteiger partial charge in [-0.2, -0.15) is 4.98 Å². The van der Waals surface area contributed by atoms with E-state index in [1.54, 1.807) is 19.5 Å². The summed E-state index contributed by atoms with van der Waals surface area (Å²) in [5.74, 6) is 1.03. The molecule has 2 aromatic heterocycles. The summed E-state index contributed by atoms with van der Waals surface area (Å²) in [6.07, 6.45) is 6.58. The van der Waals surface area contributed by atoms with Crippen molar-refractivity contribution in [2.45, 2.75) is 24.7 Å². The van der Waals surface area contributed by atoms with E-state index in [2.05, 4.69) is 15.1 Å². The van der Waals surface area contributed by atoms with Crippen molar-refractivity contribution in [1.29, 1.82) is 0 Å². The lowest BCUT2D eigenvalue weighted by atomic mass is 9.75. The van der Waals surface area contributed by atoms with Crippen LogP contribution in [0.15, 0.2) is 29.0 Å². The summed E-state index contributed by atoms with van der Waals surface area (Å²) < 4.78 is 35.7. The van der Waals surface area contributed by atoms with Gasteiger partial charge < -0.3 is 9.26 Å². The maximum absolute atomic E-state index is 11.8. The predicted molar refractivity (Wildman–Crippen MR) is 91.4 cm³/mol. The molecule has 0 N–H and O–H groups in total. The van der Waals surface area contributed by atoms with Crippen molar-refractivity contribution in [3.63, 3.8) is 0 Å². The highest BCUT2D eigenvalue weighted by Crippen LogP contribution is 2.38. The number of methoxy groups -OCH3 is 1. The Morgan fingerprint density at radius 2 is 2.12 bits per heavy atom. The van der Waals surface area contributed by atoms with Gasteiger partial charge in [-0.25, -0.2) is 12.7 Å². The smallest absolute Gasteiger partial charge is 0.259 e. The lowest BCUT2D eigenvalue weighted by Crippen LogP contribution is -2.45. The largest absolute Gasteiger partial charge is 0.385 e. The van der Waals surface area contributed by atoms with E-state index in [1.807, 2.05) is 12.1 Å². The number of aromatic nitrogens is 3. The Labute approximate surface area is 147 Å². The van der Waals surface area contributed by atoms with E-state index < -0.39 is 10.0 Å². The van der Waals surface area contributed by atoms with Crippen molar-refractivity contribution in [2.75, 3.05) is 33.1 Å². The first kappa shape index (κ1) is 18.0.